The Bertz CT molecular complexity index is 990. The lowest BCUT2D eigenvalue weighted by molar-refractivity contribution is 0.0695. The van der Waals surface area contributed by atoms with Gasteiger partial charge in [0.25, 0.3) is 5.91 Å². The van der Waals surface area contributed by atoms with Gasteiger partial charge in [-0.3, -0.25) is 4.79 Å². The molecule has 0 saturated heterocycles. The van der Waals surface area contributed by atoms with Crippen molar-refractivity contribution in [3.8, 4) is 17.2 Å². The summed E-state index contributed by atoms with van der Waals surface area (Å²) in [6.45, 7) is 0.655. The van der Waals surface area contributed by atoms with Gasteiger partial charge in [0.2, 0.25) is 0 Å². The van der Waals surface area contributed by atoms with Gasteiger partial charge in [-0.2, -0.15) is 0 Å². The highest BCUT2D eigenvalue weighted by Gasteiger charge is 2.33. The summed E-state index contributed by atoms with van der Waals surface area (Å²) in [4.78, 5) is 16.8. The fourth-order valence-corrected chi connectivity index (χ4v) is 4.68. The number of hydrogen-bond donors (Lipinski definition) is 0. The van der Waals surface area contributed by atoms with Crippen LogP contribution in [0.4, 0.5) is 0 Å². The maximum Gasteiger partial charge on any atom is 0.254 e. The number of nitrogens with zero attached hydrogens (tertiary/aromatic N) is 1. The molecule has 0 aliphatic carbocycles. The topological polar surface area (TPSA) is 48.0 Å². The van der Waals surface area contributed by atoms with E-state index >= 15 is 0 Å². The molecule has 5 nitrogen and oxygen atoms in total. The minimum Gasteiger partial charge on any atom is -0.497 e. The Morgan fingerprint density at radius 2 is 1.59 bits per heavy atom. The van der Waals surface area contributed by atoms with Crippen LogP contribution in [0.5, 0.6) is 17.2 Å². The minimum atomic E-state index is -0.138. The van der Waals surface area contributed by atoms with Gasteiger partial charge in [0, 0.05) is 23.1 Å². The van der Waals surface area contributed by atoms with E-state index in [0.29, 0.717) is 23.6 Å². The molecule has 0 spiro atoms. The zero-order chi connectivity index (χ0) is 20.4. The maximum absolute atomic E-state index is 13.6. The average Bonchev–Trinajstić information content (AvgIpc) is 3.26. The Morgan fingerprint density at radius 1 is 0.931 bits per heavy atom. The second-order valence-electron chi connectivity index (χ2n) is 6.82. The number of ether oxygens (including phenoxy) is 3. The van der Waals surface area contributed by atoms with E-state index < -0.39 is 0 Å². The predicted molar refractivity (Wildman–Crippen MR) is 113 cm³/mol. The van der Waals surface area contributed by atoms with E-state index in [1.54, 1.807) is 50.9 Å². The van der Waals surface area contributed by atoms with Crippen LogP contribution in [0.3, 0.4) is 0 Å². The van der Waals surface area contributed by atoms with Crippen LogP contribution in [0.1, 0.15) is 32.4 Å². The summed E-state index contributed by atoms with van der Waals surface area (Å²) in [7, 11) is 4.82. The molecule has 1 atom stereocenters. The first-order valence-electron chi connectivity index (χ1n) is 9.39. The van der Waals surface area contributed by atoms with Gasteiger partial charge in [-0.1, -0.05) is 12.1 Å². The van der Waals surface area contributed by atoms with E-state index in [0.717, 1.165) is 17.7 Å². The van der Waals surface area contributed by atoms with Crippen molar-refractivity contribution in [2.24, 2.45) is 0 Å². The lowest BCUT2D eigenvalue weighted by Crippen LogP contribution is -2.40. The molecule has 29 heavy (non-hydrogen) atoms. The Hall–Kier alpha value is -2.99. The highest BCUT2D eigenvalue weighted by atomic mass is 32.1. The number of carbonyl (C=O) groups is 1. The van der Waals surface area contributed by atoms with Crippen LogP contribution in [-0.2, 0) is 6.42 Å². The van der Waals surface area contributed by atoms with Crippen LogP contribution >= 0.6 is 11.3 Å². The number of methoxy groups -OCH3 is 3. The SMILES string of the molecule is COc1ccc([C@@H]2c3ccsc3CCN2C(=O)c2cc(OC)cc(OC)c2)cc1. The number of fused-ring (bicyclic) bond motifs is 1. The van der Waals surface area contributed by atoms with Crippen LogP contribution < -0.4 is 14.2 Å². The second-order valence-corrected chi connectivity index (χ2v) is 7.83. The number of amides is 1. The number of hydrogen-bond acceptors (Lipinski definition) is 5. The molecule has 0 bridgehead atoms. The minimum absolute atomic E-state index is 0.0418. The molecular formula is C23H23NO4S. The highest BCUT2D eigenvalue weighted by Crippen LogP contribution is 2.39. The zero-order valence-corrected chi connectivity index (χ0v) is 17.5. The molecule has 1 aliphatic heterocycles. The summed E-state index contributed by atoms with van der Waals surface area (Å²) in [5, 5.41) is 2.10. The van der Waals surface area contributed by atoms with Gasteiger partial charge in [0.05, 0.1) is 27.4 Å². The van der Waals surface area contributed by atoms with Gasteiger partial charge in [-0.25, -0.2) is 0 Å². The van der Waals surface area contributed by atoms with Crippen molar-refractivity contribution in [3.63, 3.8) is 0 Å². The lowest BCUT2D eigenvalue weighted by atomic mass is 9.92. The molecule has 150 valence electrons. The number of thiophene rings is 1. The van der Waals surface area contributed by atoms with Crippen LogP contribution in [-0.4, -0.2) is 38.7 Å². The van der Waals surface area contributed by atoms with Gasteiger partial charge >= 0.3 is 0 Å². The highest BCUT2D eigenvalue weighted by molar-refractivity contribution is 7.10. The molecule has 0 unspecified atom stereocenters. The fourth-order valence-electron chi connectivity index (χ4n) is 3.78. The predicted octanol–water partition coefficient (Wildman–Crippen LogP) is 4.56. The molecule has 4 rings (SSSR count). The third-order valence-corrected chi connectivity index (χ3v) is 6.25. The monoisotopic (exact) mass is 409 g/mol. The van der Waals surface area contributed by atoms with Crippen molar-refractivity contribution in [3.05, 3.63) is 75.5 Å². The van der Waals surface area contributed by atoms with E-state index in [2.05, 4.69) is 11.4 Å². The molecule has 3 aromatic rings. The van der Waals surface area contributed by atoms with E-state index in [1.807, 2.05) is 29.2 Å². The van der Waals surface area contributed by atoms with Crippen molar-refractivity contribution in [1.29, 1.82) is 0 Å². The van der Waals surface area contributed by atoms with Gasteiger partial charge < -0.3 is 19.1 Å². The summed E-state index contributed by atoms with van der Waals surface area (Å²) in [6, 6.07) is 15.2. The maximum atomic E-state index is 13.6. The molecule has 2 heterocycles. The van der Waals surface area contributed by atoms with Crippen LogP contribution in [0.15, 0.2) is 53.9 Å². The van der Waals surface area contributed by atoms with E-state index in [9.17, 15) is 4.79 Å². The largest absolute Gasteiger partial charge is 0.497 e. The van der Waals surface area contributed by atoms with Crippen LogP contribution in [0, 0.1) is 0 Å². The van der Waals surface area contributed by atoms with Gasteiger partial charge in [-0.05, 0) is 53.3 Å². The van der Waals surface area contributed by atoms with Crippen LogP contribution in [0.2, 0.25) is 0 Å². The number of rotatable bonds is 5. The number of carbonyl (C=O) groups excluding carboxylic acids is 1. The molecule has 2 aromatic carbocycles. The third kappa shape index (κ3) is 3.68. The summed E-state index contributed by atoms with van der Waals surface area (Å²) < 4.78 is 16.0. The van der Waals surface area contributed by atoms with Crippen molar-refractivity contribution in [1.82, 2.24) is 4.90 Å². The number of benzene rings is 2. The Balaban J connectivity index is 1.76. The molecule has 0 N–H and O–H groups in total. The molecule has 0 saturated carbocycles. The first kappa shape index (κ1) is 19.3. The molecular weight excluding hydrogens is 386 g/mol. The summed E-state index contributed by atoms with van der Waals surface area (Å²) >= 11 is 1.75. The Labute approximate surface area is 174 Å². The van der Waals surface area contributed by atoms with E-state index in [4.69, 9.17) is 14.2 Å². The Kier molecular flexibility index (Phi) is 5.45. The smallest absolute Gasteiger partial charge is 0.254 e. The molecule has 1 aromatic heterocycles. The Morgan fingerprint density at radius 3 is 2.21 bits per heavy atom. The summed E-state index contributed by atoms with van der Waals surface area (Å²) in [5.41, 5.74) is 2.81. The summed E-state index contributed by atoms with van der Waals surface area (Å²) in [6.07, 6.45) is 0.854. The summed E-state index contributed by atoms with van der Waals surface area (Å²) in [5.74, 6) is 1.95. The third-order valence-electron chi connectivity index (χ3n) is 5.26. The van der Waals surface area contributed by atoms with Gasteiger partial charge in [-0.15, -0.1) is 11.3 Å². The standard InChI is InChI=1S/C23H23NO4S/c1-26-17-6-4-15(5-7-17)22-20-9-11-29-21(20)8-10-24(22)23(25)16-12-18(27-2)14-19(13-16)28-3/h4-7,9,11-14,22H,8,10H2,1-3H3/t22-/m1/s1. The molecule has 0 fully saturated rings. The van der Waals surface area contributed by atoms with Gasteiger partial charge in [0.15, 0.2) is 0 Å². The normalized spacial score (nSPS) is 15.6. The molecule has 1 aliphatic rings. The van der Waals surface area contributed by atoms with Gasteiger partial charge in [0.1, 0.15) is 17.2 Å². The first-order valence-corrected chi connectivity index (χ1v) is 10.3. The average molecular weight is 410 g/mol. The second kappa shape index (κ2) is 8.17. The molecule has 0 radical (unpaired) electrons. The van der Waals surface area contributed by atoms with E-state index in [-0.39, 0.29) is 11.9 Å². The van der Waals surface area contributed by atoms with E-state index in [1.165, 1.54) is 10.4 Å². The molecule has 6 heteroatoms. The van der Waals surface area contributed by atoms with Crippen molar-refractivity contribution >= 4 is 17.2 Å². The van der Waals surface area contributed by atoms with Crippen molar-refractivity contribution in [2.75, 3.05) is 27.9 Å². The first-order chi connectivity index (χ1) is 14.1. The van der Waals surface area contributed by atoms with Crippen molar-refractivity contribution < 1.29 is 19.0 Å². The zero-order valence-electron chi connectivity index (χ0n) is 16.7. The van der Waals surface area contributed by atoms with Crippen molar-refractivity contribution in [2.45, 2.75) is 12.5 Å². The fraction of sp³-hybridized carbons (Fsp3) is 0.261. The molecule has 1 amide bonds. The quantitative estimate of drug-likeness (QED) is 0.620. The van der Waals surface area contributed by atoms with Crippen LogP contribution in [0.25, 0.3) is 0 Å². The lowest BCUT2D eigenvalue weighted by Gasteiger charge is -2.36.